The molecule has 0 aromatic heterocycles. The standard InChI is InChI=1S/C21H35N3O3.HI/c1-3-4-12-25-14-15-26-13-11-23-21(22-2)24-16-19-7-5-6-8-20(19)27-17-18-9-10-18;/h5-8,18H,3-4,9-17H2,1-2H3,(H2,22,23,24);1H. The molecule has 0 spiro atoms. The van der Waals surface area contributed by atoms with Crippen LogP contribution in [0.15, 0.2) is 29.3 Å². The number of nitrogens with one attached hydrogen (secondary N) is 2. The number of aliphatic imine (C=N–C) groups is 1. The highest BCUT2D eigenvalue weighted by atomic mass is 127. The largest absolute Gasteiger partial charge is 0.493 e. The average molecular weight is 505 g/mol. The Kier molecular flexibility index (Phi) is 14.1. The van der Waals surface area contributed by atoms with Crippen LogP contribution >= 0.6 is 24.0 Å². The zero-order chi connectivity index (χ0) is 19.2. The van der Waals surface area contributed by atoms with Crippen molar-refractivity contribution in [2.24, 2.45) is 10.9 Å². The van der Waals surface area contributed by atoms with Crippen molar-refractivity contribution in [2.45, 2.75) is 39.2 Å². The molecule has 0 atom stereocenters. The van der Waals surface area contributed by atoms with E-state index in [0.29, 0.717) is 32.9 Å². The lowest BCUT2D eigenvalue weighted by Crippen LogP contribution is -2.38. The van der Waals surface area contributed by atoms with Crippen LogP contribution < -0.4 is 15.4 Å². The Morgan fingerprint density at radius 3 is 2.54 bits per heavy atom. The minimum Gasteiger partial charge on any atom is -0.493 e. The molecule has 0 radical (unpaired) electrons. The van der Waals surface area contributed by atoms with E-state index in [4.69, 9.17) is 14.2 Å². The lowest BCUT2D eigenvalue weighted by Gasteiger charge is -2.15. The Labute approximate surface area is 186 Å². The maximum absolute atomic E-state index is 5.96. The van der Waals surface area contributed by atoms with Crippen LogP contribution in [0.4, 0.5) is 0 Å². The molecule has 0 saturated heterocycles. The van der Waals surface area contributed by atoms with E-state index in [1.54, 1.807) is 7.05 Å². The molecule has 0 bridgehead atoms. The van der Waals surface area contributed by atoms with Gasteiger partial charge in [-0.25, -0.2) is 0 Å². The van der Waals surface area contributed by atoms with Gasteiger partial charge in [0.15, 0.2) is 5.96 Å². The van der Waals surface area contributed by atoms with E-state index in [2.05, 4.69) is 28.6 Å². The molecule has 2 N–H and O–H groups in total. The molecule has 1 aliphatic rings. The maximum atomic E-state index is 5.96. The van der Waals surface area contributed by atoms with E-state index in [0.717, 1.165) is 49.2 Å². The van der Waals surface area contributed by atoms with E-state index in [9.17, 15) is 0 Å². The molecule has 0 aliphatic heterocycles. The van der Waals surface area contributed by atoms with Crippen molar-refractivity contribution in [3.8, 4) is 5.75 Å². The number of guanidine groups is 1. The highest BCUT2D eigenvalue weighted by Crippen LogP contribution is 2.30. The number of nitrogens with zero attached hydrogens (tertiary/aromatic N) is 1. The van der Waals surface area contributed by atoms with Crippen molar-refractivity contribution in [3.63, 3.8) is 0 Å². The molecule has 7 heteroatoms. The SMILES string of the molecule is CCCCOCCOCCNC(=NC)NCc1ccccc1OCC1CC1.I. The number of unbranched alkanes of at least 4 members (excludes halogenated alkanes) is 1. The summed E-state index contributed by atoms with van der Waals surface area (Å²) in [4.78, 5) is 4.26. The molecule has 1 saturated carbocycles. The Morgan fingerprint density at radius 2 is 1.82 bits per heavy atom. The first-order valence-electron chi connectivity index (χ1n) is 10.1. The topological polar surface area (TPSA) is 64.1 Å². The van der Waals surface area contributed by atoms with Gasteiger partial charge in [-0.1, -0.05) is 31.5 Å². The van der Waals surface area contributed by atoms with Crippen LogP contribution in [0.2, 0.25) is 0 Å². The predicted molar refractivity (Wildman–Crippen MR) is 125 cm³/mol. The highest BCUT2D eigenvalue weighted by molar-refractivity contribution is 14.0. The van der Waals surface area contributed by atoms with Crippen LogP contribution in [0, 0.1) is 5.92 Å². The van der Waals surface area contributed by atoms with Crippen molar-refractivity contribution < 1.29 is 14.2 Å². The van der Waals surface area contributed by atoms with Crippen LogP contribution in [0.5, 0.6) is 5.75 Å². The molecule has 160 valence electrons. The van der Waals surface area contributed by atoms with Gasteiger partial charge >= 0.3 is 0 Å². The van der Waals surface area contributed by atoms with Gasteiger partial charge in [-0.3, -0.25) is 4.99 Å². The highest BCUT2D eigenvalue weighted by Gasteiger charge is 2.22. The van der Waals surface area contributed by atoms with Crippen LogP contribution in [-0.4, -0.2) is 52.6 Å². The number of ether oxygens (including phenoxy) is 3. The fourth-order valence-electron chi connectivity index (χ4n) is 2.49. The molecule has 1 aliphatic carbocycles. The summed E-state index contributed by atoms with van der Waals surface area (Å²) in [6.45, 7) is 7.09. The second kappa shape index (κ2) is 15.8. The summed E-state index contributed by atoms with van der Waals surface area (Å²) in [5.41, 5.74) is 1.14. The van der Waals surface area contributed by atoms with Crippen molar-refractivity contribution in [2.75, 3.05) is 46.6 Å². The van der Waals surface area contributed by atoms with Gasteiger partial charge in [-0.2, -0.15) is 0 Å². The monoisotopic (exact) mass is 505 g/mol. The summed E-state index contributed by atoms with van der Waals surface area (Å²) >= 11 is 0. The second-order valence-corrected chi connectivity index (χ2v) is 6.79. The molecular weight excluding hydrogens is 469 g/mol. The fraction of sp³-hybridized carbons (Fsp3) is 0.667. The smallest absolute Gasteiger partial charge is 0.191 e. The average Bonchev–Trinajstić information content (AvgIpc) is 3.52. The molecule has 0 heterocycles. The van der Waals surface area contributed by atoms with Gasteiger partial charge in [0.1, 0.15) is 5.75 Å². The zero-order valence-electron chi connectivity index (χ0n) is 17.2. The number of halogens is 1. The predicted octanol–water partition coefficient (Wildman–Crippen LogP) is 3.59. The number of para-hydroxylation sites is 1. The number of rotatable bonds is 14. The van der Waals surface area contributed by atoms with Crippen LogP contribution in [0.3, 0.4) is 0 Å². The van der Waals surface area contributed by atoms with Gasteiger partial charge in [-0.05, 0) is 31.2 Å². The van der Waals surface area contributed by atoms with Gasteiger partial charge in [-0.15, -0.1) is 24.0 Å². The van der Waals surface area contributed by atoms with E-state index in [1.807, 2.05) is 18.2 Å². The zero-order valence-corrected chi connectivity index (χ0v) is 19.6. The van der Waals surface area contributed by atoms with Gasteiger partial charge in [0.05, 0.1) is 26.4 Å². The minimum absolute atomic E-state index is 0. The first-order chi connectivity index (χ1) is 13.3. The van der Waals surface area contributed by atoms with Gasteiger partial charge < -0.3 is 24.8 Å². The van der Waals surface area contributed by atoms with Crippen molar-refractivity contribution in [3.05, 3.63) is 29.8 Å². The summed E-state index contributed by atoms with van der Waals surface area (Å²) in [5, 5.41) is 6.60. The van der Waals surface area contributed by atoms with E-state index in [-0.39, 0.29) is 24.0 Å². The Balaban J connectivity index is 0.00000392. The summed E-state index contributed by atoms with van der Waals surface area (Å²) in [6, 6.07) is 8.17. The summed E-state index contributed by atoms with van der Waals surface area (Å²) in [6.07, 6.45) is 4.86. The molecule has 0 amide bonds. The molecular formula is C21H36IN3O3. The number of hydrogen-bond acceptors (Lipinski definition) is 4. The quantitative estimate of drug-likeness (QED) is 0.175. The summed E-state index contributed by atoms with van der Waals surface area (Å²) in [7, 11) is 1.77. The van der Waals surface area contributed by atoms with Crippen LogP contribution in [0.25, 0.3) is 0 Å². The van der Waals surface area contributed by atoms with Crippen LogP contribution in [-0.2, 0) is 16.0 Å². The third-order valence-electron chi connectivity index (χ3n) is 4.37. The molecule has 1 aromatic carbocycles. The Hall–Kier alpha value is -1.06. The summed E-state index contributed by atoms with van der Waals surface area (Å²) < 4.78 is 17.0. The van der Waals surface area contributed by atoms with Gasteiger partial charge in [0.25, 0.3) is 0 Å². The van der Waals surface area contributed by atoms with Gasteiger partial charge in [0, 0.05) is 32.3 Å². The first kappa shape index (κ1) is 25.0. The summed E-state index contributed by atoms with van der Waals surface area (Å²) in [5.74, 6) is 2.46. The third-order valence-corrected chi connectivity index (χ3v) is 4.37. The lowest BCUT2D eigenvalue weighted by atomic mass is 10.2. The Morgan fingerprint density at radius 1 is 1.07 bits per heavy atom. The Bertz CT molecular complexity index is 553. The molecule has 6 nitrogen and oxygen atoms in total. The normalized spacial score (nSPS) is 13.7. The lowest BCUT2D eigenvalue weighted by molar-refractivity contribution is 0.0487. The molecule has 2 rings (SSSR count). The second-order valence-electron chi connectivity index (χ2n) is 6.79. The van der Waals surface area contributed by atoms with Gasteiger partial charge in [0.2, 0.25) is 0 Å². The van der Waals surface area contributed by atoms with Crippen molar-refractivity contribution in [1.82, 2.24) is 10.6 Å². The maximum Gasteiger partial charge on any atom is 0.191 e. The van der Waals surface area contributed by atoms with Crippen molar-refractivity contribution >= 4 is 29.9 Å². The number of benzene rings is 1. The third kappa shape index (κ3) is 11.1. The van der Waals surface area contributed by atoms with E-state index >= 15 is 0 Å². The van der Waals surface area contributed by atoms with Crippen LogP contribution in [0.1, 0.15) is 38.2 Å². The first-order valence-corrected chi connectivity index (χ1v) is 10.1. The fourth-order valence-corrected chi connectivity index (χ4v) is 2.49. The molecule has 1 fully saturated rings. The molecule has 1 aromatic rings. The van der Waals surface area contributed by atoms with E-state index < -0.39 is 0 Å². The van der Waals surface area contributed by atoms with Crippen molar-refractivity contribution in [1.29, 1.82) is 0 Å². The number of hydrogen-bond donors (Lipinski definition) is 2. The van der Waals surface area contributed by atoms with E-state index in [1.165, 1.54) is 12.8 Å². The molecule has 28 heavy (non-hydrogen) atoms. The molecule has 0 unspecified atom stereocenters. The minimum atomic E-state index is 0.